The molecule has 0 aliphatic carbocycles. The van der Waals surface area contributed by atoms with Gasteiger partial charge in [-0.2, -0.15) is 0 Å². The zero-order chi connectivity index (χ0) is 44.2. The van der Waals surface area contributed by atoms with E-state index in [0.717, 1.165) is 77.0 Å². The lowest BCUT2D eigenvalue weighted by Crippen LogP contribution is -2.51. The van der Waals surface area contributed by atoms with Gasteiger partial charge in [-0.05, 0) is 104 Å². The van der Waals surface area contributed by atoms with Crippen LogP contribution < -0.4 is 10.6 Å². The quantitative estimate of drug-likeness (QED) is 0.0494. The number of methoxy groups -OCH3 is 1. The molecule has 8 nitrogen and oxygen atoms in total. The van der Waals surface area contributed by atoms with Crippen molar-refractivity contribution < 1.29 is 28.7 Å². The average Bonchev–Trinajstić information content (AvgIpc) is 3.24. The Morgan fingerprint density at radius 1 is 0.417 bits per heavy atom. The van der Waals surface area contributed by atoms with E-state index in [0.29, 0.717) is 12.8 Å². The van der Waals surface area contributed by atoms with Gasteiger partial charge in [-0.25, -0.2) is 9.59 Å². The third-order valence-corrected chi connectivity index (χ3v) is 8.54. The smallest absolute Gasteiger partial charge is 0.332 e. The lowest BCUT2D eigenvalue weighted by Gasteiger charge is -2.24. The highest BCUT2D eigenvalue weighted by Crippen LogP contribution is 2.07. The van der Waals surface area contributed by atoms with E-state index in [-0.39, 0.29) is 24.7 Å². The Kier molecular flexibility index (Phi) is 38.2. The highest BCUT2D eigenvalue weighted by Gasteiger charge is 2.31. The predicted molar refractivity (Wildman–Crippen MR) is 252 cm³/mol. The minimum Gasteiger partial charge on any atom is -0.467 e. The molecule has 0 radical (unpaired) electrons. The van der Waals surface area contributed by atoms with Gasteiger partial charge >= 0.3 is 11.9 Å². The topological polar surface area (TPSA) is 111 Å². The first kappa shape index (κ1) is 54.8. The molecule has 0 aromatic heterocycles. The minimum absolute atomic E-state index is 0.152. The summed E-state index contributed by atoms with van der Waals surface area (Å²) in [6.45, 7) is 7.29. The zero-order valence-electron chi connectivity index (χ0n) is 37.4. The van der Waals surface area contributed by atoms with Gasteiger partial charge in [-0.15, -0.1) is 0 Å². The second kappa shape index (κ2) is 41.9. The fourth-order valence-corrected chi connectivity index (χ4v) is 5.17. The van der Waals surface area contributed by atoms with E-state index >= 15 is 0 Å². The molecule has 0 heterocycles. The standard InChI is InChI=1S/C52H76N2O6/c1-6-8-10-12-14-16-18-20-22-24-26-28-30-32-34-36-38-40-42-44-48(55)53-46(3)51(57)60-47(4)50(52(58)59-5)54-49(56)45-43-41-39-37-35-33-31-29-27-25-23-21-19-17-15-13-11-9-7-2/h8-11,14-17,20-23,26-29,32-35,38-41,46-47,50H,6-7,12-13,18-19,24-25,30-31,36-37,42-45H2,1-5H3,(H,53,55)(H,54,56)/t46?,47-,50+/m1/s1. The second-order valence-electron chi connectivity index (χ2n) is 13.9. The molecule has 0 spiro atoms. The molecule has 0 fully saturated rings. The summed E-state index contributed by atoms with van der Waals surface area (Å²) in [6.07, 6.45) is 62.6. The third kappa shape index (κ3) is 35.9. The Labute approximate surface area is 363 Å². The first-order chi connectivity index (χ1) is 29.3. The van der Waals surface area contributed by atoms with Crippen LogP contribution in [-0.4, -0.2) is 49.1 Å². The van der Waals surface area contributed by atoms with E-state index in [1.807, 2.05) is 24.3 Å². The Balaban J connectivity index is 4.33. The zero-order valence-corrected chi connectivity index (χ0v) is 37.4. The first-order valence-electron chi connectivity index (χ1n) is 21.9. The molecular weight excluding hydrogens is 749 g/mol. The van der Waals surface area contributed by atoms with Crippen LogP contribution in [-0.2, 0) is 28.7 Å². The highest BCUT2D eigenvalue weighted by molar-refractivity contribution is 5.86. The molecule has 0 aliphatic heterocycles. The number of hydrogen-bond donors (Lipinski definition) is 2. The molecule has 0 saturated heterocycles. The average molecular weight is 825 g/mol. The Morgan fingerprint density at radius 3 is 1.00 bits per heavy atom. The van der Waals surface area contributed by atoms with Gasteiger partial charge in [0.15, 0.2) is 6.04 Å². The summed E-state index contributed by atoms with van der Waals surface area (Å²) in [6, 6.07) is -2.12. The van der Waals surface area contributed by atoms with Gasteiger partial charge in [-0.1, -0.05) is 160 Å². The molecular formula is C52H76N2O6. The number of hydrogen-bond acceptors (Lipinski definition) is 6. The summed E-state index contributed by atoms with van der Waals surface area (Å²) in [5, 5.41) is 5.26. The predicted octanol–water partition coefficient (Wildman–Crippen LogP) is 12.0. The maximum Gasteiger partial charge on any atom is 0.332 e. The fraction of sp³-hybridized carbons (Fsp3) is 0.462. The van der Waals surface area contributed by atoms with Crippen molar-refractivity contribution in [2.45, 2.75) is 149 Å². The lowest BCUT2D eigenvalue weighted by atomic mass is 10.1. The number of nitrogens with one attached hydrogen (secondary N) is 2. The molecule has 0 saturated carbocycles. The summed E-state index contributed by atoms with van der Waals surface area (Å²) < 4.78 is 10.3. The summed E-state index contributed by atoms with van der Waals surface area (Å²) >= 11 is 0. The molecule has 330 valence electrons. The third-order valence-electron chi connectivity index (χ3n) is 8.54. The normalized spacial score (nSPS) is 14.4. The molecule has 0 bridgehead atoms. The van der Waals surface area contributed by atoms with Crippen molar-refractivity contribution in [3.05, 3.63) is 146 Å². The van der Waals surface area contributed by atoms with Gasteiger partial charge in [0.2, 0.25) is 11.8 Å². The number of amides is 2. The van der Waals surface area contributed by atoms with Crippen molar-refractivity contribution in [3.8, 4) is 0 Å². The van der Waals surface area contributed by atoms with Gasteiger partial charge in [-0.3, -0.25) is 9.59 Å². The van der Waals surface area contributed by atoms with Crippen LogP contribution >= 0.6 is 0 Å². The van der Waals surface area contributed by atoms with Crippen LogP contribution in [0.25, 0.3) is 0 Å². The molecule has 0 rings (SSSR count). The number of carbonyl (C=O) groups excluding carboxylic acids is 4. The number of esters is 2. The van der Waals surface area contributed by atoms with Crippen molar-refractivity contribution in [2.75, 3.05) is 7.11 Å². The lowest BCUT2D eigenvalue weighted by molar-refractivity contribution is -0.159. The van der Waals surface area contributed by atoms with Gasteiger partial charge < -0.3 is 20.1 Å². The summed E-state index contributed by atoms with van der Waals surface area (Å²) in [4.78, 5) is 50.3. The van der Waals surface area contributed by atoms with Crippen LogP contribution in [0.5, 0.6) is 0 Å². The molecule has 0 aromatic carbocycles. The summed E-state index contributed by atoms with van der Waals surface area (Å²) in [5.74, 6) is -2.11. The van der Waals surface area contributed by atoms with Crippen LogP contribution in [0.1, 0.15) is 130 Å². The van der Waals surface area contributed by atoms with Crippen molar-refractivity contribution in [3.63, 3.8) is 0 Å². The number of ether oxygens (including phenoxy) is 2. The fourth-order valence-electron chi connectivity index (χ4n) is 5.17. The molecule has 1 unspecified atom stereocenters. The number of allylic oxidation sites excluding steroid dienone is 24. The van der Waals surface area contributed by atoms with Gasteiger partial charge in [0.05, 0.1) is 7.11 Å². The molecule has 2 N–H and O–H groups in total. The molecule has 8 heteroatoms. The van der Waals surface area contributed by atoms with Crippen LogP contribution in [0.3, 0.4) is 0 Å². The maximum absolute atomic E-state index is 12.7. The van der Waals surface area contributed by atoms with E-state index in [4.69, 9.17) is 9.47 Å². The largest absolute Gasteiger partial charge is 0.467 e. The van der Waals surface area contributed by atoms with Crippen LogP contribution in [0, 0.1) is 0 Å². The van der Waals surface area contributed by atoms with Crippen LogP contribution in [0.4, 0.5) is 0 Å². The summed E-state index contributed by atoms with van der Waals surface area (Å²) in [5.41, 5.74) is 0. The van der Waals surface area contributed by atoms with Crippen molar-refractivity contribution in [1.29, 1.82) is 0 Å². The maximum atomic E-state index is 12.7. The van der Waals surface area contributed by atoms with E-state index in [2.05, 4.69) is 146 Å². The highest BCUT2D eigenvalue weighted by atomic mass is 16.6. The van der Waals surface area contributed by atoms with Gasteiger partial charge in [0, 0.05) is 12.8 Å². The van der Waals surface area contributed by atoms with Crippen molar-refractivity contribution in [2.24, 2.45) is 0 Å². The van der Waals surface area contributed by atoms with Crippen LogP contribution in [0.15, 0.2) is 146 Å². The Bertz CT molecular complexity index is 1520. The van der Waals surface area contributed by atoms with Crippen LogP contribution in [0.2, 0.25) is 0 Å². The van der Waals surface area contributed by atoms with E-state index in [1.54, 1.807) is 0 Å². The summed E-state index contributed by atoms with van der Waals surface area (Å²) in [7, 11) is 1.20. The van der Waals surface area contributed by atoms with Gasteiger partial charge in [0.1, 0.15) is 12.1 Å². The SMILES string of the molecule is CCC=CCC=CCC=CCC=CCC=CCC=CCCC(=O)NC(C)C(=O)O[C@H](C)[C@H](NC(=O)CCC=CCC=CCC=CCC=CCC=CCC=CCC)C(=O)OC. The number of rotatable bonds is 34. The molecule has 0 aliphatic rings. The molecule has 3 atom stereocenters. The second-order valence-corrected chi connectivity index (χ2v) is 13.9. The first-order valence-corrected chi connectivity index (χ1v) is 21.9. The van der Waals surface area contributed by atoms with Crippen molar-refractivity contribution >= 4 is 23.8 Å². The molecule has 60 heavy (non-hydrogen) atoms. The van der Waals surface area contributed by atoms with E-state index < -0.39 is 30.1 Å². The van der Waals surface area contributed by atoms with E-state index in [9.17, 15) is 19.2 Å². The molecule has 2 amide bonds. The van der Waals surface area contributed by atoms with E-state index in [1.165, 1.54) is 21.0 Å². The van der Waals surface area contributed by atoms with Crippen molar-refractivity contribution in [1.82, 2.24) is 10.6 Å². The monoisotopic (exact) mass is 825 g/mol. The Morgan fingerprint density at radius 2 is 0.700 bits per heavy atom. The number of carbonyl (C=O) groups is 4. The molecule has 0 aromatic rings. The minimum atomic E-state index is -1.19. The Hall–Kier alpha value is -5.24. The van der Waals surface area contributed by atoms with Gasteiger partial charge in [0.25, 0.3) is 0 Å².